The summed E-state index contributed by atoms with van der Waals surface area (Å²) in [5, 5.41) is 3.49. The van der Waals surface area contributed by atoms with Crippen molar-refractivity contribution in [2.75, 3.05) is 7.05 Å². The van der Waals surface area contributed by atoms with E-state index >= 15 is 0 Å². The molecule has 0 radical (unpaired) electrons. The molecule has 2 aromatic carbocycles. The van der Waals surface area contributed by atoms with Crippen molar-refractivity contribution in [2.24, 2.45) is 0 Å². The van der Waals surface area contributed by atoms with Gasteiger partial charge in [0.1, 0.15) is 17.5 Å². The number of nitrogens with one attached hydrogen (secondary N) is 1. The third-order valence-electron chi connectivity index (χ3n) is 3.29. The molecule has 0 aliphatic rings. The average Bonchev–Trinajstić information content (AvgIpc) is 2.41. The molecule has 0 aromatic heterocycles. The first-order valence-corrected chi connectivity index (χ1v) is 6.92. The minimum Gasteiger partial charge on any atom is -0.316 e. The van der Waals surface area contributed by atoms with Crippen LogP contribution >= 0.6 is 11.6 Å². The molecule has 2 aromatic rings. The van der Waals surface area contributed by atoms with Gasteiger partial charge in [-0.3, -0.25) is 0 Å². The monoisotopic (exact) mass is 313 g/mol. The van der Waals surface area contributed by atoms with Crippen molar-refractivity contribution >= 4 is 11.6 Å². The summed E-state index contributed by atoms with van der Waals surface area (Å²) in [6.07, 6.45) is 0.762. The molecule has 0 heterocycles. The Bertz CT molecular complexity index is 611. The molecule has 5 heteroatoms. The zero-order valence-corrected chi connectivity index (χ0v) is 12.2. The fourth-order valence-electron chi connectivity index (χ4n) is 2.25. The van der Waals surface area contributed by atoms with Crippen molar-refractivity contribution in [1.82, 2.24) is 5.32 Å². The first-order valence-electron chi connectivity index (χ1n) is 6.54. The quantitative estimate of drug-likeness (QED) is 0.875. The van der Waals surface area contributed by atoms with Crippen molar-refractivity contribution in [3.8, 4) is 0 Å². The van der Waals surface area contributed by atoms with E-state index in [9.17, 15) is 13.2 Å². The highest BCUT2D eigenvalue weighted by molar-refractivity contribution is 6.30. The fourth-order valence-corrected chi connectivity index (χ4v) is 2.45. The number of hydrogen-bond donors (Lipinski definition) is 1. The molecule has 1 atom stereocenters. The molecule has 0 bridgehead atoms. The van der Waals surface area contributed by atoms with Crippen LogP contribution in [0, 0.1) is 17.5 Å². The van der Waals surface area contributed by atoms with Crippen LogP contribution in [0.2, 0.25) is 5.02 Å². The summed E-state index contributed by atoms with van der Waals surface area (Å²) in [7, 11) is 1.72. The van der Waals surface area contributed by atoms with Crippen LogP contribution in [0.4, 0.5) is 13.2 Å². The molecular weight excluding hydrogens is 299 g/mol. The molecule has 112 valence electrons. The summed E-state index contributed by atoms with van der Waals surface area (Å²) in [6.45, 7) is 0. The van der Waals surface area contributed by atoms with E-state index in [0.717, 1.165) is 6.07 Å². The van der Waals surface area contributed by atoms with Crippen LogP contribution in [0.15, 0.2) is 36.4 Å². The number of halogens is 4. The lowest BCUT2D eigenvalue weighted by Gasteiger charge is -2.17. The van der Waals surface area contributed by atoms with Crippen LogP contribution < -0.4 is 5.32 Å². The molecule has 1 N–H and O–H groups in total. The largest absolute Gasteiger partial charge is 0.316 e. The lowest BCUT2D eigenvalue weighted by Crippen LogP contribution is -2.30. The summed E-state index contributed by atoms with van der Waals surface area (Å²) < 4.78 is 40.1. The molecular formula is C16H15ClF3N. The second-order valence-electron chi connectivity index (χ2n) is 4.91. The van der Waals surface area contributed by atoms with Gasteiger partial charge in [-0.05, 0) is 61.3 Å². The SMILES string of the molecule is CNC(Cc1cc(F)cc(F)c1)Cc1cc(Cl)ccc1F. The minimum atomic E-state index is -0.617. The molecule has 0 saturated heterocycles. The summed E-state index contributed by atoms with van der Waals surface area (Å²) in [6, 6.07) is 7.59. The third kappa shape index (κ3) is 4.48. The summed E-state index contributed by atoms with van der Waals surface area (Å²) in [5.74, 6) is -1.58. The molecule has 0 aliphatic carbocycles. The number of benzene rings is 2. The normalized spacial score (nSPS) is 12.4. The highest BCUT2D eigenvalue weighted by Gasteiger charge is 2.13. The predicted molar refractivity (Wildman–Crippen MR) is 78.0 cm³/mol. The fraction of sp³-hybridized carbons (Fsp3) is 0.250. The first-order chi connectivity index (χ1) is 9.97. The third-order valence-corrected chi connectivity index (χ3v) is 3.52. The topological polar surface area (TPSA) is 12.0 Å². The predicted octanol–water partition coefficient (Wildman–Crippen LogP) is 4.13. The van der Waals surface area contributed by atoms with Crippen molar-refractivity contribution in [3.63, 3.8) is 0 Å². The Morgan fingerprint density at radius 3 is 2.29 bits per heavy atom. The lowest BCUT2D eigenvalue weighted by molar-refractivity contribution is 0.526. The zero-order chi connectivity index (χ0) is 15.4. The Balaban J connectivity index is 2.14. The van der Waals surface area contributed by atoms with Crippen molar-refractivity contribution in [3.05, 3.63) is 70.0 Å². The van der Waals surface area contributed by atoms with E-state index in [0.29, 0.717) is 29.0 Å². The zero-order valence-electron chi connectivity index (χ0n) is 11.5. The van der Waals surface area contributed by atoms with Gasteiger partial charge in [-0.2, -0.15) is 0 Å². The minimum absolute atomic E-state index is 0.154. The van der Waals surface area contributed by atoms with Gasteiger partial charge < -0.3 is 5.32 Å². The maximum atomic E-state index is 13.7. The van der Waals surface area contributed by atoms with Crippen LogP contribution in [0.1, 0.15) is 11.1 Å². The van der Waals surface area contributed by atoms with E-state index in [2.05, 4.69) is 5.32 Å². The van der Waals surface area contributed by atoms with E-state index in [1.165, 1.54) is 24.3 Å². The van der Waals surface area contributed by atoms with E-state index in [-0.39, 0.29) is 11.9 Å². The van der Waals surface area contributed by atoms with E-state index in [1.54, 1.807) is 13.1 Å². The second-order valence-corrected chi connectivity index (χ2v) is 5.34. The van der Waals surface area contributed by atoms with Gasteiger partial charge in [-0.25, -0.2) is 13.2 Å². The van der Waals surface area contributed by atoms with Gasteiger partial charge in [0, 0.05) is 17.1 Å². The molecule has 2 rings (SSSR count). The molecule has 21 heavy (non-hydrogen) atoms. The van der Waals surface area contributed by atoms with Gasteiger partial charge in [0.15, 0.2) is 0 Å². The second kappa shape index (κ2) is 6.96. The standard InChI is InChI=1S/C16H15ClF3N/c1-21-15(6-10-4-13(18)9-14(19)5-10)8-11-7-12(17)2-3-16(11)20/h2-5,7,9,15,21H,6,8H2,1H3. The first kappa shape index (κ1) is 15.9. The van der Waals surface area contributed by atoms with Crippen LogP contribution in [-0.2, 0) is 12.8 Å². The van der Waals surface area contributed by atoms with Gasteiger partial charge in [0.2, 0.25) is 0 Å². The van der Waals surface area contributed by atoms with Crippen molar-refractivity contribution < 1.29 is 13.2 Å². The molecule has 0 saturated carbocycles. The summed E-state index contributed by atoms with van der Waals surface area (Å²) in [5.41, 5.74) is 0.994. The lowest BCUT2D eigenvalue weighted by atomic mass is 9.98. The number of hydrogen-bond acceptors (Lipinski definition) is 1. The molecule has 0 spiro atoms. The van der Waals surface area contributed by atoms with Crippen LogP contribution in [0.3, 0.4) is 0 Å². The van der Waals surface area contributed by atoms with Gasteiger partial charge >= 0.3 is 0 Å². The van der Waals surface area contributed by atoms with Crippen molar-refractivity contribution in [2.45, 2.75) is 18.9 Å². The molecule has 0 amide bonds. The van der Waals surface area contributed by atoms with Crippen LogP contribution in [0.5, 0.6) is 0 Å². The Labute approximate surface area is 126 Å². The molecule has 0 aliphatic heterocycles. The number of rotatable bonds is 5. The van der Waals surface area contributed by atoms with E-state index < -0.39 is 11.6 Å². The molecule has 0 fully saturated rings. The Kier molecular flexibility index (Phi) is 5.26. The average molecular weight is 314 g/mol. The maximum Gasteiger partial charge on any atom is 0.126 e. The molecule has 1 nitrogen and oxygen atoms in total. The van der Waals surface area contributed by atoms with Crippen LogP contribution in [0.25, 0.3) is 0 Å². The summed E-state index contributed by atoms with van der Waals surface area (Å²) in [4.78, 5) is 0. The number of likely N-dealkylation sites (N-methyl/N-ethyl adjacent to an activating group) is 1. The Hall–Kier alpha value is -1.52. The Morgan fingerprint density at radius 1 is 1.00 bits per heavy atom. The van der Waals surface area contributed by atoms with Gasteiger partial charge in [-0.15, -0.1) is 0 Å². The highest BCUT2D eigenvalue weighted by Crippen LogP contribution is 2.18. The highest BCUT2D eigenvalue weighted by atomic mass is 35.5. The van der Waals surface area contributed by atoms with Crippen molar-refractivity contribution in [1.29, 1.82) is 0 Å². The van der Waals surface area contributed by atoms with Crippen LogP contribution in [-0.4, -0.2) is 13.1 Å². The van der Waals surface area contributed by atoms with Gasteiger partial charge in [-0.1, -0.05) is 11.6 Å². The van der Waals surface area contributed by atoms with Gasteiger partial charge in [0.25, 0.3) is 0 Å². The Morgan fingerprint density at radius 2 is 1.67 bits per heavy atom. The maximum absolute atomic E-state index is 13.7. The smallest absolute Gasteiger partial charge is 0.126 e. The molecule has 1 unspecified atom stereocenters. The van der Waals surface area contributed by atoms with E-state index in [1.807, 2.05) is 0 Å². The van der Waals surface area contributed by atoms with E-state index in [4.69, 9.17) is 11.6 Å². The van der Waals surface area contributed by atoms with Gasteiger partial charge in [0.05, 0.1) is 0 Å². The summed E-state index contributed by atoms with van der Waals surface area (Å²) >= 11 is 5.86.